The molecule has 0 unspecified atom stereocenters. The van der Waals surface area contributed by atoms with Crippen LogP contribution in [0.4, 0.5) is 0 Å². The average Bonchev–Trinajstić information content (AvgIpc) is 2.80. The largest absolute Gasteiger partial charge is 0.484 e. The van der Waals surface area contributed by atoms with E-state index in [-0.39, 0.29) is 12.5 Å². The highest BCUT2D eigenvalue weighted by Crippen LogP contribution is 2.23. The number of carbonyl (C=O) groups is 1. The number of ether oxygens (including phenoxy) is 2. The SMILES string of the molecule is O=C(COc1ccc(Oc2ccccn2)cc1)N1CC=C(c2ccccc2)CC1. The maximum Gasteiger partial charge on any atom is 0.260 e. The molecule has 0 saturated heterocycles. The van der Waals surface area contributed by atoms with Crippen LogP contribution in [0.5, 0.6) is 17.4 Å². The molecule has 3 aromatic rings. The molecule has 1 aliphatic rings. The van der Waals surface area contributed by atoms with Crippen LogP contribution in [0.3, 0.4) is 0 Å². The lowest BCUT2D eigenvalue weighted by atomic mass is 10.00. The molecule has 0 aliphatic carbocycles. The number of aromatic nitrogens is 1. The van der Waals surface area contributed by atoms with Gasteiger partial charge in [-0.1, -0.05) is 42.5 Å². The number of hydrogen-bond acceptors (Lipinski definition) is 4. The summed E-state index contributed by atoms with van der Waals surface area (Å²) in [7, 11) is 0. The molecule has 0 atom stereocenters. The Balaban J connectivity index is 1.27. The van der Waals surface area contributed by atoms with E-state index >= 15 is 0 Å². The first-order valence-electron chi connectivity index (χ1n) is 9.62. The molecule has 0 bridgehead atoms. The van der Waals surface area contributed by atoms with Crippen molar-refractivity contribution in [1.82, 2.24) is 9.88 Å². The van der Waals surface area contributed by atoms with E-state index in [1.165, 1.54) is 11.1 Å². The van der Waals surface area contributed by atoms with Gasteiger partial charge in [0.15, 0.2) is 6.61 Å². The molecule has 0 fully saturated rings. The minimum Gasteiger partial charge on any atom is -0.484 e. The Morgan fingerprint density at radius 3 is 2.38 bits per heavy atom. The van der Waals surface area contributed by atoms with Gasteiger partial charge in [0, 0.05) is 25.4 Å². The van der Waals surface area contributed by atoms with Crippen LogP contribution in [0.25, 0.3) is 5.57 Å². The van der Waals surface area contributed by atoms with Gasteiger partial charge in [0.2, 0.25) is 5.88 Å². The molecule has 2 aromatic carbocycles. The molecule has 146 valence electrons. The third-order valence-corrected chi connectivity index (χ3v) is 4.75. The van der Waals surface area contributed by atoms with Gasteiger partial charge in [-0.05, 0) is 47.9 Å². The number of carbonyl (C=O) groups excluding carboxylic acids is 1. The smallest absolute Gasteiger partial charge is 0.260 e. The van der Waals surface area contributed by atoms with Crippen LogP contribution in [0.2, 0.25) is 0 Å². The summed E-state index contributed by atoms with van der Waals surface area (Å²) in [4.78, 5) is 18.4. The van der Waals surface area contributed by atoms with Crippen molar-refractivity contribution in [2.75, 3.05) is 19.7 Å². The number of hydrogen-bond donors (Lipinski definition) is 0. The van der Waals surface area contributed by atoms with Gasteiger partial charge < -0.3 is 14.4 Å². The van der Waals surface area contributed by atoms with E-state index in [0.29, 0.717) is 30.5 Å². The molecular formula is C24H22N2O3. The van der Waals surface area contributed by atoms with Gasteiger partial charge in [0.1, 0.15) is 11.5 Å². The summed E-state index contributed by atoms with van der Waals surface area (Å²) in [5.41, 5.74) is 2.52. The van der Waals surface area contributed by atoms with Gasteiger partial charge >= 0.3 is 0 Å². The molecule has 4 rings (SSSR count). The Hall–Kier alpha value is -3.60. The normalized spacial score (nSPS) is 13.5. The Bertz CT molecular complexity index is 970. The molecule has 1 aliphatic heterocycles. The Morgan fingerprint density at radius 2 is 1.69 bits per heavy atom. The zero-order valence-electron chi connectivity index (χ0n) is 16.0. The minimum atomic E-state index is -0.0119. The quantitative estimate of drug-likeness (QED) is 0.623. The lowest BCUT2D eigenvalue weighted by Gasteiger charge is -2.26. The van der Waals surface area contributed by atoms with Crippen molar-refractivity contribution in [1.29, 1.82) is 0 Å². The monoisotopic (exact) mass is 386 g/mol. The van der Waals surface area contributed by atoms with Gasteiger partial charge in [-0.25, -0.2) is 4.98 Å². The average molecular weight is 386 g/mol. The highest BCUT2D eigenvalue weighted by Gasteiger charge is 2.18. The van der Waals surface area contributed by atoms with Gasteiger partial charge in [-0.3, -0.25) is 4.79 Å². The molecule has 5 heteroatoms. The summed E-state index contributed by atoms with van der Waals surface area (Å²) in [6, 6.07) is 22.9. The van der Waals surface area contributed by atoms with Gasteiger partial charge in [0.25, 0.3) is 5.91 Å². The number of nitrogens with zero attached hydrogens (tertiary/aromatic N) is 2. The summed E-state index contributed by atoms with van der Waals surface area (Å²) in [5, 5.41) is 0. The summed E-state index contributed by atoms with van der Waals surface area (Å²) in [6.07, 6.45) is 4.66. The number of pyridine rings is 1. The summed E-state index contributed by atoms with van der Waals surface area (Å²) < 4.78 is 11.3. The fraction of sp³-hybridized carbons (Fsp3) is 0.167. The number of amides is 1. The molecule has 29 heavy (non-hydrogen) atoms. The van der Waals surface area contributed by atoms with Crippen LogP contribution in [-0.2, 0) is 4.79 Å². The predicted molar refractivity (Wildman–Crippen MR) is 112 cm³/mol. The Kier molecular flexibility index (Phi) is 5.86. The van der Waals surface area contributed by atoms with E-state index in [9.17, 15) is 4.79 Å². The predicted octanol–water partition coefficient (Wildman–Crippen LogP) is 4.57. The third-order valence-electron chi connectivity index (χ3n) is 4.75. The zero-order valence-corrected chi connectivity index (χ0v) is 16.0. The van der Waals surface area contributed by atoms with E-state index in [1.807, 2.05) is 35.2 Å². The molecule has 0 N–H and O–H groups in total. The molecular weight excluding hydrogens is 364 g/mol. The number of rotatable bonds is 6. The first-order valence-corrected chi connectivity index (χ1v) is 9.62. The van der Waals surface area contributed by atoms with E-state index < -0.39 is 0 Å². The van der Waals surface area contributed by atoms with Crippen LogP contribution in [0.15, 0.2) is 85.1 Å². The molecule has 2 heterocycles. The molecule has 1 aromatic heterocycles. The van der Waals surface area contributed by atoms with Gasteiger partial charge in [-0.2, -0.15) is 0 Å². The van der Waals surface area contributed by atoms with Crippen molar-refractivity contribution < 1.29 is 14.3 Å². The second-order valence-electron chi connectivity index (χ2n) is 6.72. The lowest BCUT2D eigenvalue weighted by Crippen LogP contribution is -2.37. The van der Waals surface area contributed by atoms with Crippen molar-refractivity contribution in [3.05, 3.63) is 90.6 Å². The first-order chi connectivity index (χ1) is 14.3. The minimum absolute atomic E-state index is 0.0119. The summed E-state index contributed by atoms with van der Waals surface area (Å²) in [5.74, 6) is 1.81. The maximum atomic E-state index is 12.5. The standard InChI is InChI=1S/C24H22N2O3/c27-24(26-16-13-20(14-17-26)19-6-2-1-3-7-19)18-28-21-9-11-22(12-10-21)29-23-8-4-5-15-25-23/h1-13,15H,14,16-18H2. The fourth-order valence-corrected chi connectivity index (χ4v) is 3.18. The second-order valence-corrected chi connectivity index (χ2v) is 6.72. The van der Waals surface area contributed by atoms with Crippen molar-refractivity contribution in [3.63, 3.8) is 0 Å². The van der Waals surface area contributed by atoms with Gasteiger partial charge in [-0.15, -0.1) is 0 Å². The number of benzene rings is 2. The Morgan fingerprint density at radius 1 is 0.931 bits per heavy atom. The van der Waals surface area contributed by atoms with Crippen LogP contribution < -0.4 is 9.47 Å². The molecule has 1 amide bonds. The van der Waals surface area contributed by atoms with Crippen molar-refractivity contribution in [2.45, 2.75) is 6.42 Å². The van der Waals surface area contributed by atoms with Crippen molar-refractivity contribution in [2.24, 2.45) is 0 Å². The lowest BCUT2D eigenvalue weighted by molar-refractivity contribution is -0.132. The summed E-state index contributed by atoms with van der Waals surface area (Å²) in [6.45, 7) is 1.35. The van der Waals surface area contributed by atoms with Crippen LogP contribution in [0, 0.1) is 0 Å². The first kappa shape index (κ1) is 18.7. The molecule has 0 radical (unpaired) electrons. The molecule has 0 saturated carbocycles. The van der Waals surface area contributed by atoms with E-state index in [2.05, 4.69) is 23.2 Å². The van der Waals surface area contributed by atoms with Crippen LogP contribution in [-0.4, -0.2) is 35.5 Å². The molecule has 0 spiro atoms. The highest BCUT2D eigenvalue weighted by molar-refractivity contribution is 5.79. The topological polar surface area (TPSA) is 51.7 Å². The van der Waals surface area contributed by atoms with E-state index in [1.54, 1.807) is 36.5 Å². The maximum absolute atomic E-state index is 12.5. The van der Waals surface area contributed by atoms with Crippen molar-refractivity contribution >= 4 is 11.5 Å². The van der Waals surface area contributed by atoms with Gasteiger partial charge in [0.05, 0.1) is 0 Å². The third kappa shape index (κ3) is 5.02. The van der Waals surface area contributed by atoms with Crippen LogP contribution in [0.1, 0.15) is 12.0 Å². The van der Waals surface area contributed by atoms with E-state index in [0.717, 1.165) is 6.42 Å². The highest BCUT2D eigenvalue weighted by atomic mass is 16.5. The second kappa shape index (κ2) is 9.06. The zero-order chi connectivity index (χ0) is 19.9. The fourth-order valence-electron chi connectivity index (χ4n) is 3.18. The van der Waals surface area contributed by atoms with Crippen LogP contribution >= 0.6 is 0 Å². The summed E-state index contributed by atoms with van der Waals surface area (Å²) >= 11 is 0. The van der Waals surface area contributed by atoms with Crippen molar-refractivity contribution in [3.8, 4) is 17.4 Å². The van der Waals surface area contributed by atoms with E-state index in [4.69, 9.17) is 9.47 Å². The molecule has 5 nitrogen and oxygen atoms in total. The Labute approximate surface area is 170 Å².